The van der Waals surface area contributed by atoms with Gasteiger partial charge in [0.1, 0.15) is 6.29 Å². The van der Waals surface area contributed by atoms with Crippen LogP contribution in [0.3, 0.4) is 0 Å². The molecule has 0 unspecified atom stereocenters. The first-order chi connectivity index (χ1) is 8.26. The fourth-order valence-corrected chi connectivity index (χ4v) is 2.47. The topological polar surface area (TPSA) is 17.1 Å². The van der Waals surface area contributed by atoms with Gasteiger partial charge in [0.15, 0.2) is 0 Å². The molecule has 0 radical (unpaired) electrons. The molecule has 2 aromatic rings. The maximum atomic E-state index is 10.8. The molecule has 0 saturated carbocycles. The Morgan fingerprint density at radius 3 is 2.47 bits per heavy atom. The highest BCUT2D eigenvalue weighted by atomic mass is 79.9. The molecule has 0 N–H and O–H groups in total. The van der Waals surface area contributed by atoms with Crippen molar-refractivity contribution in [3.63, 3.8) is 0 Å². The molecule has 1 nitrogen and oxygen atoms in total. The van der Waals surface area contributed by atoms with Crippen molar-refractivity contribution in [2.24, 2.45) is 0 Å². The van der Waals surface area contributed by atoms with E-state index in [4.69, 9.17) is 0 Å². The summed E-state index contributed by atoms with van der Waals surface area (Å²) in [6.07, 6.45) is 2.71. The van der Waals surface area contributed by atoms with E-state index in [1.807, 2.05) is 18.2 Å². The van der Waals surface area contributed by atoms with Crippen LogP contribution in [0.2, 0.25) is 0 Å². The second kappa shape index (κ2) is 5.28. The third kappa shape index (κ3) is 2.47. The highest BCUT2D eigenvalue weighted by Crippen LogP contribution is 2.27. The van der Waals surface area contributed by atoms with Crippen molar-refractivity contribution in [2.75, 3.05) is 0 Å². The predicted molar refractivity (Wildman–Crippen MR) is 75.7 cm³/mol. The largest absolute Gasteiger partial charge is 0.302 e. The van der Waals surface area contributed by atoms with Crippen LogP contribution in [0.15, 0.2) is 55.1 Å². The first-order valence-electron chi connectivity index (χ1n) is 5.47. The molecule has 0 aliphatic heterocycles. The average Bonchev–Trinajstić information content (AvgIpc) is 2.39. The van der Waals surface area contributed by atoms with Crippen molar-refractivity contribution in [2.45, 2.75) is 10.7 Å². The number of aldehydes is 1. The van der Waals surface area contributed by atoms with Crippen LogP contribution in [0.4, 0.5) is 0 Å². The lowest BCUT2D eigenvalue weighted by Crippen LogP contribution is -2.11. The summed E-state index contributed by atoms with van der Waals surface area (Å²) in [6, 6.07) is 14.4. The number of hydrogen-bond donors (Lipinski definition) is 0. The van der Waals surface area contributed by atoms with Crippen LogP contribution in [0.5, 0.6) is 0 Å². The average molecular weight is 289 g/mol. The Morgan fingerprint density at radius 1 is 1.12 bits per heavy atom. The molecule has 0 aromatic heterocycles. The number of hydrogen-bond acceptors (Lipinski definition) is 1. The molecule has 0 aliphatic carbocycles. The predicted octanol–water partition coefficient (Wildman–Crippen LogP) is 4.07. The fraction of sp³-hybridized carbons (Fsp3) is 0.133. The molecule has 17 heavy (non-hydrogen) atoms. The number of carbonyl (C=O) groups excluding carboxylic acids is 1. The quantitative estimate of drug-likeness (QED) is 0.471. The van der Waals surface area contributed by atoms with E-state index in [1.54, 1.807) is 6.08 Å². The summed E-state index contributed by atoms with van der Waals surface area (Å²) >= 11 is 3.36. The summed E-state index contributed by atoms with van der Waals surface area (Å²) in [7, 11) is 0. The van der Waals surface area contributed by atoms with Crippen molar-refractivity contribution >= 4 is 33.0 Å². The maximum Gasteiger partial charge on any atom is 0.134 e. The Morgan fingerprint density at radius 2 is 1.82 bits per heavy atom. The van der Waals surface area contributed by atoms with Gasteiger partial charge in [0.2, 0.25) is 0 Å². The number of fused-ring (bicyclic) bond motifs is 1. The van der Waals surface area contributed by atoms with Gasteiger partial charge in [-0.2, -0.15) is 0 Å². The highest BCUT2D eigenvalue weighted by Gasteiger charge is 2.16. The Hall–Kier alpha value is -1.41. The molecule has 0 bridgehead atoms. The van der Waals surface area contributed by atoms with Crippen molar-refractivity contribution < 1.29 is 4.79 Å². The smallest absolute Gasteiger partial charge is 0.134 e. The third-order valence-corrected chi connectivity index (χ3v) is 3.67. The second-order valence-electron chi connectivity index (χ2n) is 3.95. The SMILES string of the molecule is C=C[C@@H](c1ccc2ccccc2c1)[C@H](Br)C=O. The Bertz CT molecular complexity index is 547. The lowest BCUT2D eigenvalue weighted by molar-refractivity contribution is -0.107. The molecule has 0 spiro atoms. The van der Waals surface area contributed by atoms with E-state index in [2.05, 4.69) is 46.8 Å². The van der Waals surface area contributed by atoms with Gasteiger partial charge in [0, 0.05) is 5.92 Å². The number of halogens is 1. The molecular weight excluding hydrogens is 276 g/mol. The summed E-state index contributed by atoms with van der Waals surface area (Å²) in [5.74, 6) is 0.0112. The molecule has 2 atom stereocenters. The molecule has 2 aromatic carbocycles. The number of allylic oxidation sites excluding steroid dienone is 1. The summed E-state index contributed by atoms with van der Waals surface area (Å²) in [4.78, 5) is 10.6. The van der Waals surface area contributed by atoms with Gasteiger partial charge < -0.3 is 4.79 Å². The first kappa shape index (κ1) is 12.1. The van der Waals surface area contributed by atoms with E-state index in [-0.39, 0.29) is 10.7 Å². The monoisotopic (exact) mass is 288 g/mol. The van der Waals surface area contributed by atoms with Gasteiger partial charge in [0.25, 0.3) is 0 Å². The lowest BCUT2D eigenvalue weighted by atomic mass is 9.94. The molecule has 86 valence electrons. The van der Waals surface area contributed by atoms with Crippen LogP contribution in [-0.4, -0.2) is 11.1 Å². The molecule has 0 aliphatic rings. The van der Waals surface area contributed by atoms with Gasteiger partial charge in [-0.1, -0.05) is 64.5 Å². The Kier molecular flexibility index (Phi) is 3.75. The van der Waals surface area contributed by atoms with Crippen LogP contribution in [-0.2, 0) is 4.79 Å². The Labute approximate surface area is 109 Å². The first-order valence-corrected chi connectivity index (χ1v) is 6.38. The molecule has 0 fully saturated rings. The van der Waals surface area contributed by atoms with E-state index < -0.39 is 0 Å². The van der Waals surface area contributed by atoms with Gasteiger partial charge >= 0.3 is 0 Å². The summed E-state index contributed by atoms with van der Waals surface area (Å²) in [5.41, 5.74) is 1.10. The van der Waals surface area contributed by atoms with E-state index in [1.165, 1.54) is 10.8 Å². The fourth-order valence-electron chi connectivity index (χ4n) is 1.95. The minimum Gasteiger partial charge on any atom is -0.302 e. The van der Waals surface area contributed by atoms with E-state index in [0.717, 1.165) is 11.8 Å². The number of benzene rings is 2. The number of carbonyl (C=O) groups is 1. The number of alkyl halides is 1. The van der Waals surface area contributed by atoms with E-state index >= 15 is 0 Å². The molecule has 0 amide bonds. The Balaban J connectivity index is 2.47. The zero-order valence-corrected chi connectivity index (χ0v) is 10.9. The maximum absolute atomic E-state index is 10.8. The zero-order chi connectivity index (χ0) is 12.3. The molecule has 0 saturated heterocycles. The van der Waals surface area contributed by atoms with Gasteiger partial charge in [-0.05, 0) is 16.3 Å². The van der Waals surface area contributed by atoms with Gasteiger partial charge in [-0.15, -0.1) is 6.58 Å². The normalized spacial score (nSPS) is 14.2. The molecule has 2 rings (SSSR count). The molecule has 0 heterocycles. The second-order valence-corrected chi connectivity index (χ2v) is 5.01. The van der Waals surface area contributed by atoms with Crippen molar-refractivity contribution in [1.29, 1.82) is 0 Å². The standard InChI is InChI=1S/C15H13BrO/c1-2-14(15(16)10-17)13-8-7-11-5-3-4-6-12(11)9-13/h2-10,14-15H,1H2/t14-,15+/m0/s1. The van der Waals surface area contributed by atoms with Crippen molar-refractivity contribution in [1.82, 2.24) is 0 Å². The van der Waals surface area contributed by atoms with Gasteiger partial charge in [0.05, 0.1) is 4.83 Å². The lowest BCUT2D eigenvalue weighted by Gasteiger charge is -2.15. The number of rotatable bonds is 4. The van der Waals surface area contributed by atoms with Crippen molar-refractivity contribution in [3.05, 3.63) is 60.7 Å². The minimum absolute atomic E-state index is 0.0112. The summed E-state index contributed by atoms with van der Waals surface area (Å²) < 4.78 is 0. The van der Waals surface area contributed by atoms with Crippen LogP contribution in [0.25, 0.3) is 10.8 Å². The van der Waals surface area contributed by atoms with Crippen LogP contribution < -0.4 is 0 Å². The van der Waals surface area contributed by atoms with Crippen LogP contribution >= 0.6 is 15.9 Å². The van der Waals surface area contributed by atoms with Gasteiger partial charge in [-0.25, -0.2) is 0 Å². The highest BCUT2D eigenvalue weighted by molar-refractivity contribution is 9.10. The molecular formula is C15H13BrO. The summed E-state index contributed by atoms with van der Waals surface area (Å²) in [6.45, 7) is 3.80. The summed E-state index contributed by atoms with van der Waals surface area (Å²) in [5, 5.41) is 2.39. The van der Waals surface area contributed by atoms with E-state index in [0.29, 0.717) is 0 Å². The molecule has 2 heteroatoms. The van der Waals surface area contributed by atoms with E-state index in [9.17, 15) is 4.79 Å². The minimum atomic E-state index is -0.221. The zero-order valence-electron chi connectivity index (χ0n) is 9.34. The third-order valence-electron chi connectivity index (χ3n) is 2.89. The van der Waals surface area contributed by atoms with Crippen molar-refractivity contribution in [3.8, 4) is 0 Å². The van der Waals surface area contributed by atoms with Gasteiger partial charge in [-0.3, -0.25) is 0 Å². The van der Waals surface area contributed by atoms with Crippen LogP contribution in [0.1, 0.15) is 11.5 Å². The van der Waals surface area contributed by atoms with Crippen LogP contribution in [0, 0.1) is 0 Å².